The van der Waals surface area contributed by atoms with E-state index in [0.717, 1.165) is 18.2 Å². The number of benzene rings is 1. The van der Waals surface area contributed by atoms with Gasteiger partial charge in [0, 0.05) is 17.8 Å². The fraction of sp³-hybridized carbons (Fsp3) is 0.312. The molecular weight excluding hydrogens is 339 g/mol. The number of ketones is 1. The van der Waals surface area contributed by atoms with Gasteiger partial charge in [0.05, 0.1) is 5.56 Å². The van der Waals surface area contributed by atoms with E-state index >= 15 is 0 Å². The van der Waals surface area contributed by atoms with Gasteiger partial charge in [-0.1, -0.05) is 18.2 Å². The van der Waals surface area contributed by atoms with Crippen molar-refractivity contribution in [1.29, 1.82) is 5.41 Å². The zero-order valence-corrected chi connectivity index (χ0v) is 13.7. The van der Waals surface area contributed by atoms with E-state index < -0.39 is 35.7 Å². The quantitative estimate of drug-likeness (QED) is 0.300. The maximum Gasteiger partial charge on any atom is 0.417 e. The van der Waals surface area contributed by atoms with Crippen LogP contribution in [0.3, 0.4) is 0 Å². The minimum absolute atomic E-state index is 0.108. The van der Waals surface area contributed by atoms with Crippen molar-refractivity contribution in [3.05, 3.63) is 46.8 Å². The average Bonchev–Trinajstić information content (AvgIpc) is 2.51. The first-order valence-electron chi connectivity index (χ1n) is 7.25. The number of halogens is 3. The molecule has 0 saturated heterocycles. The molecule has 0 aliphatic carbocycles. The number of hydrogen-bond acceptors (Lipinski definition) is 6. The molecule has 0 atom stereocenters. The van der Waals surface area contributed by atoms with Crippen molar-refractivity contribution in [3.63, 3.8) is 0 Å². The zero-order chi connectivity index (χ0) is 19.2. The lowest BCUT2D eigenvalue weighted by Crippen LogP contribution is -2.29. The van der Waals surface area contributed by atoms with Crippen LogP contribution in [0.15, 0.2) is 35.7 Å². The second kappa shape index (κ2) is 8.32. The van der Waals surface area contributed by atoms with Crippen LogP contribution in [-0.4, -0.2) is 30.6 Å². The van der Waals surface area contributed by atoms with Gasteiger partial charge in [0.2, 0.25) is 5.78 Å². The Morgan fingerprint density at radius 3 is 2.40 bits per heavy atom. The summed E-state index contributed by atoms with van der Waals surface area (Å²) in [6.07, 6.45) is -4.71. The summed E-state index contributed by atoms with van der Waals surface area (Å²) in [4.78, 5) is 24.0. The molecule has 1 aromatic carbocycles. The van der Waals surface area contributed by atoms with E-state index in [-0.39, 0.29) is 17.1 Å². The molecule has 25 heavy (non-hydrogen) atoms. The molecule has 136 valence electrons. The molecule has 6 nitrogen and oxygen atoms in total. The largest absolute Gasteiger partial charge is 0.454 e. The van der Waals surface area contributed by atoms with E-state index in [4.69, 9.17) is 15.9 Å². The highest BCUT2D eigenvalue weighted by atomic mass is 19.4. The fourth-order valence-electron chi connectivity index (χ4n) is 2.00. The number of alkyl halides is 3. The van der Waals surface area contributed by atoms with Gasteiger partial charge in [0.1, 0.15) is 11.4 Å². The normalized spacial score (nSPS) is 12.2. The van der Waals surface area contributed by atoms with Crippen molar-refractivity contribution in [2.45, 2.75) is 20.0 Å². The lowest BCUT2D eigenvalue weighted by atomic mass is 10.0. The van der Waals surface area contributed by atoms with Gasteiger partial charge >= 0.3 is 12.1 Å². The summed E-state index contributed by atoms with van der Waals surface area (Å²) in [6, 6.07) is 4.21. The highest BCUT2D eigenvalue weighted by molar-refractivity contribution is 6.18. The molecule has 0 aliphatic rings. The summed E-state index contributed by atoms with van der Waals surface area (Å²) in [5.41, 5.74) is 3.43. The molecule has 0 heterocycles. The van der Waals surface area contributed by atoms with Gasteiger partial charge in [-0.2, -0.15) is 13.2 Å². The van der Waals surface area contributed by atoms with E-state index in [2.05, 4.69) is 5.32 Å². The monoisotopic (exact) mass is 357 g/mol. The topological polar surface area (TPSA) is 105 Å². The predicted molar refractivity (Wildman–Crippen MR) is 85.0 cm³/mol. The number of esters is 1. The van der Waals surface area contributed by atoms with Crippen molar-refractivity contribution in [2.75, 3.05) is 13.2 Å². The van der Waals surface area contributed by atoms with Crippen molar-refractivity contribution in [3.8, 4) is 0 Å². The number of carbonyl (C=O) groups excluding carboxylic acids is 2. The van der Waals surface area contributed by atoms with Crippen LogP contribution in [0.5, 0.6) is 0 Å². The van der Waals surface area contributed by atoms with Gasteiger partial charge in [-0.25, -0.2) is 4.79 Å². The van der Waals surface area contributed by atoms with Crippen molar-refractivity contribution in [2.24, 2.45) is 5.73 Å². The van der Waals surface area contributed by atoms with Crippen LogP contribution < -0.4 is 11.1 Å². The van der Waals surface area contributed by atoms with Gasteiger partial charge < -0.3 is 21.2 Å². The maximum absolute atomic E-state index is 12.9. The zero-order valence-electron chi connectivity index (χ0n) is 13.7. The Morgan fingerprint density at radius 1 is 1.28 bits per heavy atom. The van der Waals surface area contributed by atoms with Gasteiger partial charge in [0.15, 0.2) is 6.61 Å². The molecule has 0 saturated carbocycles. The highest BCUT2D eigenvalue weighted by Crippen LogP contribution is 2.32. The smallest absolute Gasteiger partial charge is 0.417 e. The van der Waals surface area contributed by atoms with Crippen molar-refractivity contribution < 1.29 is 27.5 Å². The Balaban J connectivity index is 2.95. The first kappa shape index (κ1) is 20.2. The maximum atomic E-state index is 12.9. The molecule has 0 aromatic heterocycles. The predicted octanol–water partition coefficient (Wildman–Crippen LogP) is 2.25. The number of rotatable bonds is 7. The van der Waals surface area contributed by atoms with Crippen LogP contribution in [0.25, 0.3) is 0 Å². The molecule has 0 unspecified atom stereocenters. The van der Waals surface area contributed by atoms with Crippen LogP contribution >= 0.6 is 0 Å². The third-order valence-corrected chi connectivity index (χ3v) is 3.08. The molecule has 4 N–H and O–H groups in total. The summed E-state index contributed by atoms with van der Waals surface area (Å²) < 4.78 is 43.5. The lowest BCUT2D eigenvalue weighted by Gasteiger charge is -2.13. The SMILES string of the molecule is CCN/C(N)=C(\C(C)=N)C(=O)OCC(=O)c1ccccc1C(F)(F)F. The Bertz CT molecular complexity index is 712. The van der Waals surface area contributed by atoms with E-state index in [0.29, 0.717) is 6.54 Å². The molecule has 1 rings (SSSR count). The summed E-state index contributed by atoms with van der Waals surface area (Å²) in [7, 11) is 0. The molecule has 0 aliphatic heterocycles. The number of carbonyl (C=O) groups is 2. The lowest BCUT2D eigenvalue weighted by molar-refractivity contribution is -0.138. The number of hydrogen-bond donors (Lipinski definition) is 3. The number of ether oxygens (including phenoxy) is 1. The van der Waals surface area contributed by atoms with E-state index in [1.807, 2.05) is 0 Å². The number of nitrogens with two attached hydrogens (primary N) is 1. The number of nitrogens with one attached hydrogen (secondary N) is 2. The van der Waals surface area contributed by atoms with Crippen LogP contribution in [0, 0.1) is 5.41 Å². The summed E-state index contributed by atoms with van der Waals surface area (Å²) >= 11 is 0. The van der Waals surface area contributed by atoms with Gasteiger partial charge in [0.25, 0.3) is 0 Å². The highest BCUT2D eigenvalue weighted by Gasteiger charge is 2.35. The first-order chi connectivity index (χ1) is 11.6. The first-order valence-corrected chi connectivity index (χ1v) is 7.25. The van der Waals surface area contributed by atoms with E-state index in [1.54, 1.807) is 6.92 Å². The van der Waals surface area contributed by atoms with E-state index in [1.165, 1.54) is 13.0 Å². The van der Waals surface area contributed by atoms with Crippen LogP contribution in [0.1, 0.15) is 29.8 Å². The summed E-state index contributed by atoms with van der Waals surface area (Å²) in [6.45, 7) is 2.49. The minimum atomic E-state index is -4.71. The van der Waals surface area contributed by atoms with Crippen LogP contribution in [0.2, 0.25) is 0 Å². The summed E-state index contributed by atoms with van der Waals surface area (Å²) in [5.74, 6) is -2.18. The second-order valence-corrected chi connectivity index (χ2v) is 4.99. The molecule has 1 aromatic rings. The van der Waals surface area contributed by atoms with Crippen molar-refractivity contribution in [1.82, 2.24) is 5.32 Å². The molecule has 0 amide bonds. The molecule has 0 fully saturated rings. The van der Waals surface area contributed by atoms with Gasteiger partial charge in [-0.3, -0.25) is 4.79 Å². The van der Waals surface area contributed by atoms with Crippen LogP contribution in [-0.2, 0) is 15.7 Å². The second-order valence-electron chi connectivity index (χ2n) is 4.99. The fourth-order valence-corrected chi connectivity index (χ4v) is 2.00. The van der Waals surface area contributed by atoms with Crippen LogP contribution in [0.4, 0.5) is 13.2 Å². The van der Waals surface area contributed by atoms with E-state index in [9.17, 15) is 22.8 Å². The third kappa shape index (κ3) is 5.33. The standard InChI is InChI=1S/C16H18F3N3O3/c1-3-22-14(21)13(9(2)20)15(24)25-8-12(23)10-6-4-5-7-11(10)16(17,18)19/h4-7,20,22H,3,8,21H2,1-2H3/b14-13+,20-9?. The Labute approximate surface area is 142 Å². The Kier molecular flexibility index (Phi) is 6.72. The van der Waals surface area contributed by atoms with Gasteiger partial charge in [-0.15, -0.1) is 0 Å². The molecule has 0 radical (unpaired) electrons. The summed E-state index contributed by atoms with van der Waals surface area (Å²) in [5, 5.41) is 10.2. The minimum Gasteiger partial charge on any atom is -0.454 e. The van der Waals surface area contributed by atoms with Gasteiger partial charge in [-0.05, 0) is 19.9 Å². The average molecular weight is 357 g/mol. The Morgan fingerprint density at radius 2 is 1.88 bits per heavy atom. The van der Waals surface area contributed by atoms with Crippen molar-refractivity contribution >= 4 is 17.5 Å². The third-order valence-electron chi connectivity index (χ3n) is 3.08. The molecule has 0 bridgehead atoms. The molecular formula is C16H18F3N3O3. The molecule has 0 spiro atoms. The Hall–Kier alpha value is -2.84. The number of Topliss-reactive ketones (excluding diaryl/α,β-unsaturated/α-hetero) is 1. The molecule has 9 heteroatoms.